The van der Waals surface area contributed by atoms with Gasteiger partial charge in [0.1, 0.15) is 16.2 Å². The molecule has 0 unspecified atom stereocenters. The largest absolute Gasteiger partial charge is 0.338 e. The molecule has 130 valence electrons. The van der Waals surface area contributed by atoms with Crippen LogP contribution in [0, 0.1) is 0 Å². The van der Waals surface area contributed by atoms with E-state index >= 15 is 0 Å². The number of aromatic nitrogens is 4. The lowest BCUT2D eigenvalue weighted by molar-refractivity contribution is 0.588. The van der Waals surface area contributed by atoms with E-state index in [9.17, 15) is 8.42 Å². The van der Waals surface area contributed by atoms with Crippen molar-refractivity contribution in [3.05, 3.63) is 40.5 Å². The van der Waals surface area contributed by atoms with Crippen molar-refractivity contribution < 1.29 is 8.42 Å². The molecule has 0 aliphatic heterocycles. The number of hydrogen-bond donors (Lipinski definition) is 1. The van der Waals surface area contributed by atoms with Crippen molar-refractivity contribution in [1.82, 2.24) is 19.9 Å². The highest BCUT2D eigenvalue weighted by Crippen LogP contribution is 2.34. The first-order chi connectivity index (χ1) is 11.8. The van der Waals surface area contributed by atoms with Gasteiger partial charge in [0.15, 0.2) is 9.84 Å². The van der Waals surface area contributed by atoms with Crippen LogP contribution in [0.4, 0.5) is 11.5 Å². The van der Waals surface area contributed by atoms with Crippen LogP contribution in [-0.2, 0) is 9.84 Å². The van der Waals surface area contributed by atoms with Crippen molar-refractivity contribution >= 4 is 59.9 Å². The van der Waals surface area contributed by atoms with Gasteiger partial charge in [-0.2, -0.15) is 4.98 Å². The molecule has 7 nitrogen and oxygen atoms in total. The van der Waals surface area contributed by atoms with Crippen molar-refractivity contribution in [3.63, 3.8) is 0 Å². The molecule has 10 heteroatoms. The van der Waals surface area contributed by atoms with E-state index in [4.69, 9.17) is 11.6 Å². The fraction of sp³-hybridized carbons (Fsp3) is 0.200. The zero-order valence-electron chi connectivity index (χ0n) is 13.2. The molecule has 0 atom stereocenters. The minimum Gasteiger partial charge on any atom is -0.338 e. The molecule has 1 N–H and O–H groups in total. The van der Waals surface area contributed by atoms with Crippen LogP contribution in [-0.4, -0.2) is 33.6 Å². The van der Waals surface area contributed by atoms with Crippen molar-refractivity contribution in [2.24, 2.45) is 0 Å². The van der Waals surface area contributed by atoms with Crippen molar-refractivity contribution in [3.8, 4) is 0 Å². The second kappa shape index (κ2) is 6.81. The lowest BCUT2D eigenvalue weighted by atomic mass is 10.2. The summed E-state index contributed by atoms with van der Waals surface area (Å²) >= 11 is 9.15. The van der Waals surface area contributed by atoms with Crippen LogP contribution in [0.15, 0.2) is 40.1 Å². The van der Waals surface area contributed by atoms with Gasteiger partial charge in [0.2, 0.25) is 5.28 Å². The molecule has 0 aliphatic rings. The first kappa shape index (κ1) is 18.0. The standard InChI is InChI=1S/C15H13BrClN5O2S/c1-8(2)25(23,24)13-11(4-3-10-12(13)19-6-5-18-10)21-14-9(16)7-20-15(17)22-14/h3-8H,1-2H3,(H,20,21,22). The summed E-state index contributed by atoms with van der Waals surface area (Å²) in [5.74, 6) is 0.350. The maximum Gasteiger partial charge on any atom is 0.224 e. The van der Waals surface area contributed by atoms with Gasteiger partial charge in [-0.1, -0.05) is 0 Å². The summed E-state index contributed by atoms with van der Waals surface area (Å²) in [5, 5.41) is 2.42. The zero-order valence-corrected chi connectivity index (χ0v) is 16.4. The number of halogens is 2. The van der Waals surface area contributed by atoms with E-state index in [0.717, 1.165) is 0 Å². The molecule has 0 fully saturated rings. The van der Waals surface area contributed by atoms with Gasteiger partial charge in [-0.15, -0.1) is 0 Å². The lowest BCUT2D eigenvalue weighted by Gasteiger charge is -2.16. The third-order valence-electron chi connectivity index (χ3n) is 3.47. The molecule has 1 aromatic carbocycles. The SMILES string of the molecule is CC(C)S(=O)(=O)c1c(Nc2nc(Cl)ncc2Br)ccc2nccnc12. The average Bonchev–Trinajstić information content (AvgIpc) is 2.57. The van der Waals surface area contributed by atoms with Gasteiger partial charge in [-0.05, 0) is 53.5 Å². The Bertz CT molecular complexity index is 1060. The summed E-state index contributed by atoms with van der Waals surface area (Å²) in [5.41, 5.74) is 1.14. The zero-order chi connectivity index (χ0) is 18.2. The summed E-state index contributed by atoms with van der Waals surface area (Å²) in [4.78, 5) is 16.4. The molecule has 0 saturated carbocycles. The number of hydrogen-bond acceptors (Lipinski definition) is 7. The summed E-state index contributed by atoms with van der Waals surface area (Å²) in [6, 6.07) is 3.33. The predicted octanol–water partition coefficient (Wildman–Crippen LogP) is 3.76. The second-order valence-corrected chi connectivity index (χ2v) is 9.05. The quantitative estimate of drug-likeness (QED) is 0.614. The fourth-order valence-electron chi connectivity index (χ4n) is 2.19. The molecule has 0 saturated heterocycles. The first-order valence-electron chi connectivity index (χ1n) is 7.23. The van der Waals surface area contributed by atoms with Crippen LogP contribution in [0.3, 0.4) is 0 Å². The van der Waals surface area contributed by atoms with Crippen LogP contribution in [0.1, 0.15) is 13.8 Å². The van der Waals surface area contributed by atoms with E-state index in [1.165, 1.54) is 18.6 Å². The molecule has 0 amide bonds. The Morgan fingerprint density at radius 1 is 1.16 bits per heavy atom. The number of fused-ring (bicyclic) bond motifs is 1. The van der Waals surface area contributed by atoms with Gasteiger partial charge < -0.3 is 5.32 Å². The Hall–Kier alpha value is -1.84. The van der Waals surface area contributed by atoms with Crippen LogP contribution in [0.2, 0.25) is 5.28 Å². The Morgan fingerprint density at radius 3 is 2.60 bits per heavy atom. The summed E-state index contributed by atoms with van der Waals surface area (Å²) < 4.78 is 26.4. The highest BCUT2D eigenvalue weighted by atomic mass is 79.9. The lowest BCUT2D eigenvalue weighted by Crippen LogP contribution is -2.17. The normalized spacial score (nSPS) is 11.9. The Kier molecular flexibility index (Phi) is 4.90. The molecule has 0 radical (unpaired) electrons. The highest BCUT2D eigenvalue weighted by molar-refractivity contribution is 9.10. The van der Waals surface area contributed by atoms with E-state index in [1.54, 1.807) is 26.0 Å². The Morgan fingerprint density at radius 2 is 1.88 bits per heavy atom. The number of benzene rings is 1. The van der Waals surface area contributed by atoms with Gasteiger partial charge in [0.25, 0.3) is 0 Å². The third kappa shape index (κ3) is 3.44. The monoisotopic (exact) mass is 441 g/mol. The molecule has 0 spiro atoms. The van der Waals surface area contributed by atoms with Gasteiger partial charge in [-0.25, -0.2) is 13.4 Å². The molecule has 0 aliphatic carbocycles. The number of rotatable bonds is 4. The van der Waals surface area contributed by atoms with Gasteiger partial charge >= 0.3 is 0 Å². The van der Waals surface area contributed by atoms with E-state index in [-0.39, 0.29) is 10.2 Å². The molecule has 3 rings (SSSR count). The molecular formula is C15H13BrClN5O2S. The summed E-state index contributed by atoms with van der Waals surface area (Å²) in [6.45, 7) is 3.23. The number of nitrogens with zero attached hydrogens (tertiary/aromatic N) is 4. The molecule has 2 aromatic heterocycles. The maximum atomic E-state index is 12.9. The first-order valence-corrected chi connectivity index (χ1v) is 9.95. The fourth-order valence-corrected chi connectivity index (χ4v) is 3.94. The molecule has 2 heterocycles. The second-order valence-electron chi connectivity index (χ2n) is 5.42. The molecule has 25 heavy (non-hydrogen) atoms. The molecule has 3 aromatic rings. The Labute approximate surface area is 157 Å². The number of nitrogens with one attached hydrogen (secondary N) is 1. The average molecular weight is 443 g/mol. The minimum atomic E-state index is -3.63. The van der Waals surface area contributed by atoms with Crippen molar-refractivity contribution in [1.29, 1.82) is 0 Å². The van der Waals surface area contributed by atoms with Gasteiger partial charge in [0.05, 0.1) is 20.9 Å². The predicted molar refractivity (Wildman–Crippen MR) is 99.9 cm³/mol. The summed E-state index contributed by atoms with van der Waals surface area (Å²) in [7, 11) is -3.63. The van der Waals surface area contributed by atoms with Crippen LogP contribution in [0.5, 0.6) is 0 Å². The van der Waals surface area contributed by atoms with Crippen LogP contribution in [0.25, 0.3) is 11.0 Å². The molecule has 0 bridgehead atoms. The van der Waals surface area contributed by atoms with Gasteiger partial charge in [-0.3, -0.25) is 9.97 Å². The molecular weight excluding hydrogens is 430 g/mol. The topological polar surface area (TPSA) is 97.7 Å². The van der Waals surface area contributed by atoms with E-state index in [1.807, 2.05) is 0 Å². The van der Waals surface area contributed by atoms with E-state index < -0.39 is 15.1 Å². The van der Waals surface area contributed by atoms with E-state index in [0.29, 0.717) is 27.0 Å². The summed E-state index contributed by atoms with van der Waals surface area (Å²) in [6.07, 6.45) is 4.46. The smallest absolute Gasteiger partial charge is 0.224 e. The minimum absolute atomic E-state index is 0.0412. The van der Waals surface area contributed by atoms with Crippen LogP contribution >= 0.6 is 27.5 Å². The maximum absolute atomic E-state index is 12.9. The highest BCUT2D eigenvalue weighted by Gasteiger charge is 2.27. The number of anilines is 2. The van der Waals surface area contributed by atoms with E-state index in [2.05, 4.69) is 41.2 Å². The third-order valence-corrected chi connectivity index (χ3v) is 6.45. The van der Waals surface area contributed by atoms with Gasteiger partial charge in [0, 0.05) is 18.6 Å². The van der Waals surface area contributed by atoms with Crippen molar-refractivity contribution in [2.75, 3.05) is 5.32 Å². The number of sulfone groups is 1. The van der Waals surface area contributed by atoms with Crippen molar-refractivity contribution in [2.45, 2.75) is 24.0 Å². The Balaban J connectivity index is 2.27. The van der Waals surface area contributed by atoms with Crippen LogP contribution < -0.4 is 5.32 Å².